The Balaban J connectivity index is 1.66. The van der Waals surface area contributed by atoms with Gasteiger partial charge in [0.15, 0.2) is 0 Å². The van der Waals surface area contributed by atoms with Gasteiger partial charge in [-0.3, -0.25) is 9.59 Å². The quantitative estimate of drug-likeness (QED) is 0.693. The SMILES string of the molecule is NC(=O)CCNC(=O)[C@@H]1CC[C@H](NC(=O)OCc2ccccc2)C1. The summed E-state index contributed by atoms with van der Waals surface area (Å²) in [5, 5.41) is 5.49. The summed E-state index contributed by atoms with van der Waals surface area (Å²) in [6.07, 6.45) is 1.66. The molecule has 2 atom stereocenters. The summed E-state index contributed by atoms with van der Waals surface area (Å²) < 4.78 is 5.18. The average molecular weight is 333 g/mol. The molecule has 4 N–H and O–H groups in total. The van der Waals surface area contributed by atoms with Gasteiger partial charge in [-0.25, -0.2) is 4.79 Å². The van der Waals surface area contributed by atoms with Crippen molar-refractivity contribution in [2.75, 3.05) is 6.54 Å². The van der Waals surface area contributed by atoms with Gasteiger partial charge in [0.2, 0.25) is 11.8 Å². The Hall–Kier alpha value is -2.57. The zero-order valence-corrected chi connectivity index (χ0v) is 13.5. The second kappa shape index (κ2) is 8.90. The van der Waals surface area contributed by atoms with Crippen LogP contribution in [-0.2, 0) is 20.9 Å². The number of hydrogen-bond donors (Lipinski definition) is 3. The third kappa shape index (κ3) is 5.91. The zero-order valence-electron chi connectivity index (χ0n) is 13.5. The van der Waals surface area contributed by atoms with Crippen molar-refractivity contribution in [2.24, 2.45) is 11.7 Å². The van der Waals surface area contributed by atoms with Crippen molar-refractivity contribution in [3.8, 4) is 0 Å². The van der Waals surface area contributed by atoms with Gasteiger partial charge in [-0.05, 0) is 24.8 Å². The van der Waals surface area contributed by atoms with Crippen molar-refractivity contribution in [1.29, 1.82) is 0 Å². The highest BCUT2D eigenvalue weighted by molar-refractivity contribution is 5.80. The van der Waals surface area contributed by atoms with Crippen LogP contribution in [0.15, 0.2) is 30.3 Å². The van der Waals surface area contributed by atoms with Gasteiger partial charge in [0, 0.05) is 24.9 Å². The molecule has 0 unspecified atom stereocenters. The molecule has 1 aliphatic carbocycles. The van der Waals surface area contributed by atoms with Crippen molar-refractivity contribution >= 4 is 17.9 Å². The minimum Gasteiger partial charge on any atom is -0.445 e. The molecular weight excluding hydrogens is 310 g/mol. The molecule has 1 aromatic rings. The van der Waals surface area contributed by atoms with Crippen LogP contribution >= 0.6 is 0 Å². The normalized spacial score (nSPS) is 19.5. The third-order valence-corrected chi connectivity index (χ3v) is 4.01. The smallest absolute Gasteiger partial charge is 0.407 e. The zero-order chi connectivity index (χ0) is 17.4. The lowest BCUT2D eigenvalue weighted by molar-refractivity contribution is -0.125. The van der Waals surface area contributed by atoms with Crippen molar-refractivity contribution in [1.82, 2.24) is 10.6 Å². The summed E-state index contributed by atoms with van der Waals surface area (Å²) in [6.45, 7) is 0.471. The topological polar surface area (TPSA) is 111 Å². The second-order valence-electron chi connectivity index (χ2n) is 5.92. The first-order valence-corrected chi connectivity index (χ1v) is 8.08. The molecule has 3 amide bonds. The first kappa shape index (κ1) is 17.8. The summed E-state index contributed by atoms with van der Waals surface area (Å²) in [4.78, 5) is 34.4. The van der Waals surface area contributed by atoms with E-state index in [0.717, 1.165) is 12.0 Å². The fourth-order valence-electron chi connectivity index (χ4n) is 2.74. The van der Waals surface area contributed by atoms with Crippen molar-refractivity contribution in [3.05, 3.63) is 35.9 Å². The van der Waals surface area contributed by atoms with Crippen LogP contribution in [0.1, 0.15) is 31.2 Å². The lowest BCUT2D eigenvalue weighted by atomic mass is 10.1. The fourth-order valence-corrected chi connectivity index (χ4v) is 2.74. The van der Waals surface area contributed by atoms with E-state index in [2.05, 4.69) is 10.6 Å². The number of hydrogen-bond acceptors (Lipinski definition) is 4. The van der Waals surface area contributed by atoms with Crippen LogP contribution in [0.3, 0.4) is 0 Å². The Morgan fingerprint density at radius 1 is 1.17 bits per heavy atom. The van der Waals surface area contributed by atoms with Gasteiger partial charge >= 0.3 is 6.09 Å². The molecular formula is C17H23N3O4. The summed E-state index contributed by atoms with van der Waals surface area (Å²) >= 11 is 0. The molecule has 1 saturated carbocycles. The van der Waals surface area contributed by atoms with Gasteiger partial charge in [0.05, 0.1) is 0 Å². The highest BCUT2D eigenvalue weighted by Gasteiger charge is 2.30. The molecule has 1 aromatic carbocycles. The maximum atomic E-state index is 12.0. The molecule has 0 radical (unpaired) electrons. The van der Waals surface area contributed by atoms with E-state index in [1.165, 1.54) is 0 Å². The number of carbonyl (C=O) groups excluding carboxylic acids is 3. The van der Waals surface area contributed by atoms with Gasteiger partial charge in [-0.1, -0.05) is 30.3 Å². The number of amides is 3. The number of nitrogens with one attached hydrogen (secondary N) is 2. The van der Waals surface area contributed by atoms with Crippen LogP contribution in [-0.4, -0.2) is 30.5 Å². The van der Waals surface area contributed by atoms with E-state index in [-0.39, 0.29) is 37.4 Å². The Morgan fingerprint density at radius 3 is 2.62 bits per heavy atom. The highest BCUT2D eigenvalue weighted by atomic mass is 16.5. The maximum absolute atomic E-state index is 12.0. The van der Waals surface area contributed by atoms with E-state index in [1.807, 2.05) is 30.3 Å². The molecule has 130 valence electrons. The standard InChI is InChI=1S/C17H23N3O4/c18-15(21)8-9-19-16(22)13-6-7-14(10-13)20-17(23)24-11-12-4-2-1-3-5-12/h1-5,13-14H,6-11H2,(H2,18,21)(H,19,22)(H,20,23)/t13-,14+/m1/s1. The van der Waals surface area contributed by atoms with E-state index in [4.69, 9.17) is 10.5 Å². The first-order chi connectivity index (χ1) is 11.5. The molecule has 2 rings (SSSR count). The Kier molecular flexibility index (Phi) is 6.60. The van der Waals surface area contributed by atoms with E-state index in [9.17, 15) is 14.4 Å². The molecule has 0 saturated heterocycles. The number of ether oxygens (including phenoxy) is 1. The molecule has 7 nitrogen and oxygen atoms in total. The molecule has 1 fully saturated rings. The minimum absolute atomic E-state index is 0.0693. The molecule has 0 aliphatic heterocycles. The molecule has 7 heteroatoms. The van der Waals surface area contributed by atoms with Crippen LogP contribution in [0.25, 0.3) is 0 Å². The Labute approximate surface area is 140 Å². The molecule has 0 heterocycles. The molecule has 0 bridgehead atoms. The largest absolute Gasteiger partial charge is 0.445 e. The number of nitrogens with two attached hydrogens (primary N) is 1. The van der Waals surface area contributed by atoms with Gasteiger partial charge in [-0.15, -0.1) is 0 Å². The summed E-state index contributed by atoms with van der Waals surface area (Å²) in [7, 11) is 0. The molecule has 24 heavy (non-hydrogen) atoms. The second-order valence-corrected chi connectivity index (χ2v) is 5.92. The monoisotopic (exact) mass is 333 g/mol. The summed E-state index contributed by atoms with van der Waals surface area (Å²) in [5.74, 6) is -0.696. The maximum Gasteiger partial charge on any atom is 0.407 e. The van der Waals surface area contributed by atoms with Crippen LogP contribution in [0.5, 0.6) is 0 Å². The average Bonchev–Trinajstić information content (AvgIpc) is 3.02. The van der Waals surface area contributed by atoms with Crippen molar-refractivity contribution < 1.29 is 19.1 Å². The van der Waals surface area contributed by atoms with Crippen molar-refractivity contribution in [3.63, 3.8) is 0 Å². The predicted octanol–water partition coefficient (Wildman–Crippen LogP) is 1.07. The summed E-state index contributed by atoms with van der Waals surface area (Å²) in [6, 6.07) is 9.37. The minimum atomic E-state index is -0.473. The number of primary amides is 1. The van der Waals surface area contributed by atoms with Crippen LogP contribution in [0.4, 0.5) is 4.79 Å². The number of benzene rings is 1. The first-order valence-electron chi connectivity index (χ1n) is 8.08. The van der Waals surface area contributed by atoms with Crippen LogP contribution < -0.4 is 16.4 Å². The molecule has 1 aliphatic rings. The lowest BCUT2D eigenvalue weighted by Crippen LogP contribution is -2.35. The fraction of sp³-hybridized carbons (Fsp3) is 0.471. The van der Waals surface area contributed by atoms with E-state index in [1.54, 1.807) is 0 Å². The van der Waals surface area contributed by atoms with Crippen LogP contribution in [0, 0.1) is 5.92 Å². The van der Waals surface area contributed by atoms with Gasteiger partial charge < -0.3 is 21.1 Å². The third-order valence-electron chi connectivity index (χ3n) is 4.01. The van der Waals surface area contributed by atoms with E-state index in [0.29, 0.717) is 12.8 Å². The Morgan fingerprint density at radius 2 is 1.92 bits per heavy atom. The van der Waals surface area contributed by atoms with Crippen molar-refractivity contribution in [2.45, 2.75) is 38.3 Å². The molecule has 0 spiro atoms. The van der Waals surface area contributed by atoms with Crippen LogP contribution in [0.2, 0.25) is 0 Å². The van der Waals surface area contributed by atoms with E-state index >= 15 is 0 Å². The van der Waals surface area contributed by atoms with Gasteiger partial charge in [0.1, 0.15) is 6.61 Å². The van der Waals surface area contributed by atoms with Gasteiger partial charge in [-0.2, -0.15) is 0 Å². The summed E-state index contributed by atoms with van der Waals surface area (Å²) in [5.41, 5.74) is 5.95. The highest BCUT2D eigenvalue weighted by Crippen LogP contribution is 2.25. The predicted molar refractivity (Wildman–Crippen MR) is 87.7 cm³/mol. The number of rotatable bonds is 7. The van der Waals surface area contributed by atoms with E-state index < -0.39 is 12.0 Å². The van der Waals surface area contributed by atoms with Gasteiger partial charge in [0.25, 0.3) is 0 Å². The number of carbonyl (C=O) groups is 3. The molecule has 0 aromatic heterocycles. The lowest BCUT2D eigenvalue weighted by Gasteiger charge is -2.14. The Bertz CT molecular complexity index is 576. The number of alkyl carbamates (subject to hydrolysis) is 1.